The summed E-state index contributed by atoms with van der Waals surface area (Å²) in [6.07, 6.45) is 12.0. The van der Waals surface area contributed by atoms with Crippen molar-refractivity contribution in [3.8, 4) is 5.75 Å². The lowest BCUT2D eigenvalue weighted by molar-refractivity contribution is 0.0877. The Morgan fingerprint density at radius 3 is 2.72 bits per heavy atom. The third-order valence-electron chi connectivity index (χ3n) is 7.00. The second-order valence-electron chi connectivity index (χ2n) is 8.82. The summed E-state index contributed by atoms with van der Waals surface area (Å²) in [4.78, 5) is 0. The quantitative estimate of drug-likeness (QED) is 0.439. The number of unbranched alkanes of at least 4 members (excludes halogenated alkanes) is 1. The Hall–Kier alpha value is -0.590. The second kappa shape index (κ2) is 7.20. The van der Waals surface area contributed by atoms with Crippen molar-refractivity contribution in [3.05, 3.63) is 24.3 Å². The van der Waals surface area contributed by atoms with Gasteiger partial charge in [0.25, 0.3) is 0 Å². The minimum absolute atomic E-state index is 0.513. The van der Waals surface area contributed by atoms with Crippen LogP contribution in [0.15, 0.2) is 24.3 Å². The summed E-state index contributed by atoms with van der Waals surface area (Å²) < 4.78 is 12.6. The van der Waals surface area contributed by atoms with Crippen LogP contribution in [-0.2, 0) is 4.52 Å². The summed E-state index contributed by atoms with van der Waals surface area (Å²) in [5, 5.41) is 1.45. The molecule has 4 aliphatic rings. The van der Waals surface area contributed by atoms with Crippen LogP contribution in [0, 0.1) is 17.3 Å². The molecule has 5 rings (SSSR count). The zero-order chi connectivity index (χ0) is 17.3. The van der Waals surface area contributed by atoms with Crippen LogP contribution < -0.4 is 10.0 Å². The summed E-state index contributed by atoms with van der Waals surface area (Å²) in [7, 11) is -1.39. The van der Waals surface area contributed by atoms with Crippen molar-refractivity contribution in [1.82, 2.24) is 0 Å². The van der Waals surface area contributed by atoms with E-state index in [-0.39, 0.29) is 0 Å². The first-order valence-corrected chi connectivity index (χ1v) is 12.5. The Labute approximate surface area is 154 Å². The number of ether oxygens (including phenoxy) is 1. The monoisotopic (exact) mass is 361 g/mol. The molecule has 2 nitrogen and oxygen atoms in total. The topological polar surface area (TPSA) is 18.5 Å². The molecule has 0 aromatic heterocycles. The maximum atomic E-state index is 6.67. The number of hydrogen-bond donors (Lipinski definition) is 0. The van der Waals surface area contributed by atoms with Gasteiger partial charge >= 0.3 is 0 Å². The molecule has 1 aromatic rings. The molecule has 3 saturated heterocycles. The van der Waals surface area contributed by atoms with Crippen molar-refractivity contribution >= 4 is 12.8 Å². The Morgan fingerprint density at radius 1 is 1.28 bits per heavy atom. The normalized spacial score (nSPS) is 36.4. The molecule has 0 amide bonds. The third-order valence-corrected chi connectivity index (χ3v) is 10.7. The third kappa shape index (κ3) is 3.76. The Kier molecular flexibility index (Phi) is 5.13. The van der Waals surface area contributed by atoms with Gasteiger partial charge in [-0.1, -0.05) is 26.3 Å². The fourth-order valence-corrected chi connectivity index (χ4v) is 8.77. The van der Waals surface area contributed by atoms with Gasteiger partial charge in [-0.2, -0.15) is 0 Å². The van der Waals surface area contributed by atoms with Gasteiger partial charge in [0.2, 0.25) is 0 Å². The van der Waals surface area contributed by atoms with E-state index < -0.39 is 7.49 Å². The van der Waals surface area contributed by atoms with Crippen LogP contribution in [0.1, 0.15) is 58.8 Å². The second-order valence-corrected chi connectivity index (χ2v) is 12.3. The average molecular weight is 361 g/mol. The molecule has 0 N–H and O–H groups in total. The van der Waals surface area contributed by atoms with Crippen molar-refractivity contribution in [3.63, 3.8) is 0 Å². The number of benzene rings is 1. The molecule has 138 valence electrons. The molecular formula is C22H34O2P+. The van der Waals surface area contributed by atoms with E-state index in [1.165, 1.54) is 56.2 Å². The predicted molar refractivity (Wildman–Crippen MR) is 107 cm³/mol. The highest BCUT2D eigenvalue weighted by Gasteiger charge is 2.57. The zero-order valence-corrected chi connectivity index (χ0v) is 16.9. The number of fused-ring (bicyclic) bond motifs is 3. The van der Waals surface area contributed by atoms with E-state index in [0.717, 1.165) is 37.2 Å². The molecule has 1 aliphatic carbocycles. The Morgan fingerprint density at radius 2 is 2.08 bits per heavy atom. The van der Waals surface area contributed by atoms with E-state index in [9.17, 15) is 0 Å². The van der Waals surface area contributed by atoms with Crippen LogP contribution in [0.5, 0.6) is 5.75 Å². The molecule has 25 heavy (non-hydrogen) atoms. The van der Waals surface area contributed by atoms with Crippen molar-refractivity contribution in [1.29, 1.82) is 0 Å². The van der Waals surface area contributed by atoms with Gasteiger partial charge in [0, 0.05) is 11.5 Å². The first kappa shape index (κ1) is 17.8. The van der Waals surface area contributed by atoms with Gasteiger partial charge in [0.05, 0.1) is 25.5 Å². The van der Waals surface area contributed by atoms with E-state index in [1.54, 1.807) is 0 Å². The SMILES string of the molecule is CCCCOc1cccc([P+]23CCC(CC[C@@H]4CC4C)(CC2)CO3)c1. The summed E-state index contributed by atoms with van der Waals surface area (Å²) in [6, 6.07) is 8.85. The van der Waals surface area contributed by atoms with Crippen molar-refractivity contribution in [2.45, 2.75) is 58.8 Å². The number of hydrogen-bond acceptors (Lipinski definition) is 2. The Bertz CT molecular complexity index is 575. The van der Waals surface area contributed by atoms with Crippen LogP contribution in [0.4, 0.5) is 0 Å². The molecule has 1 aromatic carbocycles. The van der Waals surface area contributed by atoms with Gasteiger partial charge in [-0.3, -0.25) is 0 Å². The summed E-state index contributed by atoms with van der Waals surface area (Å²) in [5.41, 5.74) is 0.513. The first-order valence-electron chi connectivity index (χ1n) is 10.4. The molecular weight excluding hydrogens is 327 g/mol. The van der Waals surface area contributed by atoms with E-state index >= 15 is 0 Å². The summed E-state index contributed by atoms with van der Waals surface area (Å²) >= 11 is 0. The smallest absolute Gasteiger partial charge is 0.178 e. The van der Waals surface area contributed by atoms with Crippen LogP contribution in [0.3, 0.4) is 0 Å². The van der Waals surface area contributed by atoms with E-state index in [4.69, 9.17) is 9.26 Å². The van der Waals surface area contributed by atoms with Crippen molar-refractivity contribution in [2.24, 2.45) is 17.3 Å². The fraction of sp³-hybridized carbons (Fsp3) is 0.727. The molecule has 2 bridgehead atoms. The molecule has 3 aliphatic heterocycles. The van der Waals surface area contributed by atoms with Crippen LogP contribution in [-0.4, -0.2) is 25.5 Å². The molecule has 4 fully saturated rings. The average Bonchev–Trinajstić information content (AvgIpc) is 3.38. The zero-order valence-electron chi connectivity index (χ0n) is 16.0. The highest BCUT2D eigenvalue weighted by molar-refractivity contribution is 7.78. The molecule has 2 atom stereocenters. The molecule has 1 saturated carbocycles. The molecule has 3 heteroatoms. The summed E-state index contributed by atoms with van der Waals surface area (Å²) in [6.45, 7) is 6.46. The standard InChI is InChI=1S/C22H34O2P/c1-3-4-12-23-20-6-5-7-21(16-20)25-13-10-22(11-14-25,17-24-25)9-8-19-15-18(19)2/h5-7,16,18-19H,3-4,8-15,17H2,1-2H3/q+1/t18?,19-,22?,25?/m1/s1. The van der Waals surface area contributed by atoms with Crippen molar-refractivity contribution in [2.75, 3.05) is 25.5 Å². The molecule has 3 heterocycles. The van der Waals surface area contributed by atoms with E-state index in [2.05, 4.69) is 38.1 Å². The fourth-order valence-electron chi connectivity index (χ4n) is 4.72. The minimum Gasteiger partial charge on any atom is -0.493 e. The number of rotatable bonds is 8. The highest BCUT2D eigenvalue weighted by Crippen LogP contribution is 2.70. The predicted octanol–water partition coefficient (Wildman–Crippen LogP) is 5.67. The van der Waals surface area contributed by atoms with Gasteiger partial charge in [-0.15, -0.1) is 0 Å². The van der Waals surface area contributed by atoms with Gasteiger partial charge < -0.3 is 4.74 Å². The first-order chi connectivity index (χ1) is 12.1. The maximum Gasteiger partial charge on any atom is 0.178 e. The Balaban J connectivity index is 1.39. The maximum absolute atomic E-state index is 6.67. The van der Waals surface area contributed by atoms with Gasteiger partial charge in [-0.05, 0) is 62.5 Å². The van der Waals surface area contributed by atoms with Crippen LogP contribution >= 0.6 is 7.49 Å². The molecule has 1 unspecified atom stereocenters. The van der Waals surface area contributed by atoms with E-state index in [0.29, 0.717) is 5.41 Å². The van der Waals surface area contributed by atoms with Gasteiger partial charge in [-0.25, -0.2) is 4.52 Å². The van der Waals surface area contributed by atoms with Crippen molar-refractivity contribution < 1.29 is 9.26 Å². The lowest BCUT2D eigenvalue weighted by Gasteiger charge is -2.47. The minimum atomic E-state index is -1.39. The van der Waals surface area contributed by atoms with Gasteiger partial charge in [0.15, 0.2) is 7.49 Å². The largest absolute Gasteiger partial charge is 0.493 e. The highest BCUT2D eigenvalue weighted by atomic mass is 31.2. The van der Waals surface area contributed by atoms with Gasteiger partial charge in [0.1, 0.15) is 11.1 Å². The lowest BCUT2D eigenvalue weighted by Crippen LogP contribution is -2.43. The molecule has 0 spiro atoms. The lowest BCUT2D eigenvalue weighted by atomic mass is 9.78. The molecule has 0 radical (unpaired) electrons. The van der Waals surface area contributed by atoms with Crippen LogP contribution in [0.2, 0.25) is 0 Å². The van der Waals surface area contributed by atoms with E-state index in [1.807, 2.05) is 0 Å². The van der Waals surface area contributed by atoms with Crippen LogP contribution in [0.25, 0.3) is 0 Å². The summed E-state index contributed by atoms with van der Waals surface area (Å²) in [5.74, 6) is 3.05.